The first kappa shape index (κ1) is 21.5. The maximum absolute atomic E-state index is 13.2. The standard InChI is InChI=1S/C24H20ClNO6/c1-13-14(25)7-4-8-15(13)26-21(18-11-6-12-32-18)20(23(28)24(26)29)22(27)19-16(30-2)9-5-10-17(19)31-3/h4-12,21,27H,1-3H3/b22-20+. The van der Waals surface area contributed by atoms with Crippen molar-refractivity contribution < 1.29 is 28.6 Å². The Balaban J connectivity index is 2.02. The molecule has 0 radical (unpaired) electrons. The van der Waals surface area contributed by atoms with E-state index in [2.05, 4.69) is 0 Å². The molecule has 1 fully saturated rings. The summed E-state index contributed by atoms with van der Waals surface area (Å²) in [7, 11) is 2.87. The van der Waals surface area contributed by atoms with E-state index in [-0.39, 0.29) is 22.6 Å². The number of hydrogen-bond acceptors (Lipinski definition) is 6. The smallest absolute Gasteiger partial charge is 0.300 e. The van der Waals surface area contributed by atoms with Gasteiger partial charge in [0, 0.05) is 10.7 Å². The second-order valence-corrected chi connectivity index (χ2v) is 7.51. The highest BCUT2D eigenvalue weighted by Crippen LogP contribution is 2.46. The topological polar surface area (TPSA) is 89.2 Å². The van der Waals surface area contributed by atoms with Crippen molar-refractivity contribution in [2.45, 2.75) is 13.0 Å². The predicted molar refractivity (Wildman–Crippen MR) is 119 cm³/mol. The van der Waals surface area contributed by atoms with Crippen LogP contribution in [0.15, 0.2) is 64.8 Å². The molecule has 7 nitrogen and oxygen atoms in total. The lowest BCUT2D eigenvalue weighted by Gasteiger charge is -2.25. The zero-order valence-electron chi connectivity index (χ0n) is 17.6. The Morgan fingerprint density at radius 2 is 1.69 bits per heavy atom. The number of benzene rings is 2. The summed E-state index contributed by atoms with van der Waals surface area (Å²) in [6.45, 7) is 1.75. The van der Waals surface area contributed by atoms with Crippen LogP contribution in [0.25, 0.3) is 5.76 Å². The molecule has 0 spiro atoms. The summed E-state index contributed by atoms with van der Waals surface area (Å²) >= 11 is 6.28. The predicted octanol–water partition coefficient (Wildman–Crippen LogP) is 4.88. The molecule has 2 aromatic carbocycles. The van der Waals surface area contributed by atoms with E-state index in [9.17, 15) is 14.7 Å². The van der Waals surface area contributed by atoms with Gasteiger partial charge in [0.2, 0.25) is 0 Å². The van der Waals surface area contributed by atoms with Gasteiger partial charge in [-0.05, 0) is 48.9 Å². The van der Waals surface area contributed by atoms with Crippen LogP contribution in [0, 0.1) is 6.92 Å². The van der Waals surface area contributed by atoms with Crippen LogP contribution < -0.4 is 14.4 Å². The minimum Gasteiger partial charge on any atom is -0.506 e. The number of furan rings is 1. The maximum Gasteiger partial charge on any atom is 0.300 e. The van der Waals surface area contributed by atoms with Gasteiger partial charge in [0.25, 0.3) is 11.7 Å². The van der Waals surface area contributed by atoms with Crippen molar-refractivity contribution in [3.63, 3.8) is 0 Å². The van der Waals surface area contributed by atoms with Crippen LogP contribution >= 0.6 is 11.6 Å². The molecule has 1 aromatic heterocycles. The fraction of sp³-hybridized carbons (Fsp3) is 0.167. The van der Waals surface area contributed by atoms with Crippen molar-refractivity contribution in [1.29, 1.82) is 0 Å². The lowest BCUT2D eigenvalue weighted by atomic mass is 9.98. The molecule has 8 heteroatoms. The first-order valence-corrected chi connectivity index (χ1v) is 10.1. The fourth-order valence-electron chi connectivity index (χ4n) is 3.87. The number of aliphatic hydroxyl groups excluding tert-OH is 1. The number of anilines is 1. The minimum absolute atomic E-state index is 0.146. The van der Waals surface area contributed by atoms with Gasteiger partial charge in [-0.2, -0.15) is 0 Å². The Morgan fingerprint density at radius 1 is 1.03 bits per heavy atom. The Labute approximate surface area is 189 Å². The van der Waals surface area contributed by atoms with E-state index in [1.807, 2.05) is 0 Å². The number of carbonyl (C=O) groups excluding carboxylic acids is 2. The highest BCUT2D eigenvalue weighted by molar-refractivity contribution is 6.52. The van der Waals surface area contributed by atoms with Gasteiger partial charge >= 0.3 is 0 Å². The van der Waals surface area contributed by atoms with Gasteiger partial charge in [-0.1, -0.05) is 23.7 Å². The molecule has 1 unspecified atom stereocenters. The van der Waals surface area contributed by atoms with Crippen molar-refractivity contribution in [2.24, 2.45) is 0 Å². The summed E-state index contributed by atoms with van der Waals surface area (Å²) in [6, 6.07) is 12.3. The number of hydrogen-bond donors (Lipinski definition) is 1. The molecule has 1 saturated heterocycles. The van der Waals surface area contributed by atoms with E-state index >= 15 is 0 Å². The number of aliphatic hydroxyl groups is 1. The Morgan fingerprint density at radius 3 is 2.28 bits per heavy atom. The largest absolute Gasteiger partial charge is 0.506 e. The first-order chi connectivity index (χ1) is 15.4. The van der Waals surface area contributed by atoms with Crippen molar-refractivity contribution in [3.8, 4) is 11.5 Å². The molecule has 32 heavy (non-hydrogen) atoms. The summed E-state index contributed by atoms with van der Waals surface area (Å²) < 4.78 is 16.3. The number of ether oxygens (including phenoxy) is 2. The molecule has 0 bridgehead atoms. The summed E-state index contributed by atoms with van der Waals surface area (Å²) in [5.74, 6) is -1.24. The molecule has 0 saturated carbocycles. The number of ketones is 1. The van der Waals surface area contributed by atoms with Gasteiger partial charge in [-0.15, -0.1) is 0 Å². The van der Waals surface area contributed by atoms with Crippen LogP contribution in [0.5, 0.6) is 11.5 Å². The van der Waals surface area contributed by atoms with Gasteiger partial charge in [-0.3, -0.25) is 14.5 Å². The van der Waals surface area contributed by atoms with E-state index in [1.54, 1.807) is 55.5 Å². The van der Waals surface area contributed by atoms with Crippen LogP contribution in [0.2, 0.25) is 5.02 Å². The average molecular weight is 454 g/mol. The van der Waals surface area contributed by atoms with Crippen molar-refractivity contribution >= 4 is 34.7 Å². The number of amides is 1. The molecule has 4 rings (SSSR count). The van der Waals surface area contributed by atoms with E-state index in [0.717, 1.165) is 0 Å². The summed E-state index contributed by atoms with van der Waals surface area (Å²) in [4.78, 5) is 27.7. The first-order valence-electron chi connectivity index (χ1n) is 9.71. The average Bonchev–Trinajstić information content (AvgIpc) is 3.42. The van der Waals surface area contributed by atoms with Crippen LogP contribution in [0.3, 0.4) is 0 Å². The molecule has 1 amide bonds. The molecule has 164 valence electrons. The van der Waals surface area contributed by atoms with Crippen LogP contribution in [0.4, 0.5) is 5.69 Å². The molecule has 0 aliphatic carbocycles. The number of carbonyl (C=O) groups is 2. The van der Waals surface area contributed by atoms with Crippen molar-refractivity contribution in [2.75, 3.05) is 19.1 Å². The Bertz CT molecular complexity index is 1210. The third-order valence-corrected chi connectivity index (χ3v) is 5.83. The van der Waals surface area contributed by atoms with Gasteiger partial charge < -0.3 is 19.0 Å². The van der Waals surface area contributed by atoms with E-state index in [4.69, 9.17) is 25.5 Å². The summed E-state index contributed by atoms with van der Waals surface area (Å²) in [5.41, 5.74) is 1.07. The van der Waals surface area contributed by atoms with E-state index < -0.39 is 23.5 Å². The lowest BCUT2D eigenvalue weighted by Crippen LogP contribution is -2.30. The fourth-order valence-corrected chi connectivity index (χ4v) is 4.04. The Hall–Kier alpha value is -3.71. The molecule has 1 aliphatic heterocycles. The number of methoxy groups -OCH3 is 2. The number of rotatable bonds is 5. The maximum atomic E-state index is 13.2. The molecule has 1 aliphatic rings. The Kier molecular flexibility index (Phi) is 5.67. The molecular weight excluding hydrogens is 434 g/mol. The summed E-state index contributed by atoms with van der Waals surface area (Å²) in [5, 5.41) is 11.8. The van der Waals surface area contributed by atoms with Crippen molar-refractivity contribution in [3.05, 3.63) is 82.3 Å². The van der Waals surface area contributed by atoms with Gasteiger partial charge in [0.15, 0.2) is 0 Å². The highest BCUT2D eigenvalue weighted by Gasteiger charge is 2.49. The molecule has 1 atom stereocenters. The number of Topliss-reactive ketones (excluding diaryl/α,β-unsaturated/α-hetero) is 1. The molecular formula is C24H20ClNO6. The zero-order valence-corrected chi connectivity index (χ0v) is 18.3. The lowest BCUT2D eigenvalue weighted by molar-refractivity contribution is -0.132. The minimum atomic E-state index is -1.02. The van der Waals surface area contributed by atoms with Crippen molar-refractivity contribution in [1.82, 2.24) is 0 Å². The molecule has 2 heterocycles. The summed E-state index contributed by atoms with van der Waals surface area (Å²) in [6.07, 6.45) is 1.43. The van der Waals surface area contributed by atoms with Crippen LogP contribution in [-0.4, -0.2) is 31.0 Å². The quantitative estimate of drug-likeness (QED) is 0.336. The van der Waals surface area contributed by atoms with Gasteiger partial charge in [0.05, 0.1) is 26.1 Å². The highest BCUT2D eigenvalue weighted by atomic mass is 35.5. The van der Waals surface area contributed by atoms with Crippen LogP contribution in [-0.2, 0) is 9.59 Å². The monoisotopic (exact) mass is 453 g/mol. The molecule has 1 N–H and O–H groups in total. The number of halogens is 1. The van der Waals surface area contributed by atoms with Gasteiger partial charge in [0.1, 0.15) is 34.6 Å². The van der Waals surface area contributed by atoms with E-state index in [0.29, 0.717) is 22.0 Å². The van der Waals surface area contributed by atoms with Gasteiger partial charge in [-0.25, -0.2) is 0 Å². The number of nitrogens with zero attached hydrogens (tertiary/aromatic N) is 1. The molecule has 3 aromatic rings. The second kappa shape index (κ2) is 8.43. The third kappa shape index (κ3) is 3.31. The SMILES string of the molecule is COc1cccc(OC)c1/C(O)=C1\C(=O)C(=O)N(c2cccc(Cl)c2C)C1c1ccco1. The van der Waals surface area contributed by atoms with Crippen LogP contribution in [0.1, 0.15) is 22.9 Å². The zero-order chi connectivity index (χ0) is 23.0. The second-order valence-electron chi connectivity index (χ2n) is 7.11. The van der Waals surface area contributed by atoms with E-state index in [1.165, 1.54) is 25.4 Å². The normalized spacial score (nSPS) is 17.6. The third-order valence-electron chi connectivity index (χ3n) is 5.42.